The molecule has 4 nitrogen and oxygen atoms in total. The lowest BCUT2D eigenvalue weighted by Crippen LogP contribution is -2.45. The van der Waals surface area contributed by atoms with E-state index in [2.05, 4.69) is 60.3 Å². The summed E-state index contributed by atoms with van der Waals surface area (Å²) in [6, 6.07) is 9.35. The fourth-order valence-corrected chi connectivity index (χ4v) is 4.17. The fraction of sp³-hybridized carbons (Fsp3) is 0.714. The minimum Gasteiger partial charge on any atom is -0.390 e. The van der Waals surface area contributed by atoms with Crippen molar-refractivity contribution in [3.8, 4) is 0 Å². The minimum atomic E-state index is -0.448. The molecule has 1 heterocycles. The van der Waals surface area contributed by atoms with Crippen LogP contribution in [0.25, 0.3) is 0 Å². The first kappa shape index (κ1) is 18.7. The Balaban J connectivity index is 1.56. The molecule has 1 aromatic carbocycles. The molecule has 0 atom stereocenters. The number of nitrogens with zero attached hydrogens (tertiary/aromatic N) is 2. The van der Waals surface area contributed by atoms with Gasteiger partial charge in [0, 0.05) is 44.5 Å². The van der Waals surface area contributed by atoms with E-state index in [1.165, 1.54) is 11.3 Å². The van der Waals surface area contributed by atoms with Crippen LogP contribution in [0.4, 0.5) is 5.69 Å². The van der Waals surface area contributed by atoms with Gasteiger partial charge >= 0.3 is 0 Å². The monoisotopic (exact) mass is 345 g/mol. The summed E-state index contributed by atoms with van der Waals surface area (Å²) in [5.74, 6) is 0.353. The van der Waals surface area contributed by atoms with Gasteiger partial charge in [0.1, 0.15) is 0 Å². The molecule has 1 aliphatic carbocycles. The first-order chi connectivity index (χ1) is 12.0. The molecule has 1 aliphatic heterocycles. The Morgan fingerprint density at radius 3 is 2.40 bits per heavy atom. The predicted molar refractivity (Wildman–Crippen MR) is 105 cm³/mol. The molecule has 2 aliphatic rings. The second-order valence-corrected chi connectivity index (χ2v) is 8.33. The van der Waals surface area contributed by atoms with Crippen molar-refractivity contribution < 1.29 is 5.11 Å². The highest BCUT2D eigenvalue weighted by Crippen LogP contribution is 2.34. The van der Waals surface area contributed by atoms with Gasteiger partial charge in [-0.3, -0.25) is 0 Å². The Hall–Kier alpha value is -1.10. The normalized spacial score (nSPS) is 28.5. The molecule has 140 valence electrons. The molecular formula is C21H35N3O. The number of hydrogen-bond acceptors (Lipinski definition) is 4. The van der Waals surface area contributed by atoms with E-state index < -0.39 is 5.60 Å². The molecule has 25 heavy (non-hydrogen) atoms. The molecule has 1 saturated carbocycles. The zero-order valence-corrected chi connectivity index (χ0v) is 16.2. The molecule has 0 amide bonds. The number of piperazine rings is 1. The Morgan fingerprint density at radius 2 is 1.76 bits per heavy atom. The first-order valence-corrected chi connectivity index (χ1v) is 9.95. The maximum absolute atomic E-state index is 10.6. The zero-order valence-electron chi connectivity index (χ0n) is 16.2. The third kappa shape index (κ3) is 4.55. The van der Waals surface area contributed by atoms with Crippen molar-refractivity contribution in [1.29, 1.82) is 0 Å². The highest BCUT2D eigenvalue weighted by Gasteiger charge is 2.35. The van der Waals surface area contributed by atoms with Gasteiger partial charge in [0.15, 0.2) is 0 Å². The molecule has 0 spiro atoms. The van der Waals surface area contributed by atoms with Crippen LogP contribution in [0.3, 0.4) is 0 Å². The van der Waals surface area contributed by atoms with Gasteiger partial charge in [-0.25, -0.2) is 0 Å². The Bertz CT molecular complexity index is 544. The quantitative estimate of drug-likeness (QED) is 0.861. The Morgan fingerprint density at radius 1 is 1.12 bits per heavy atom. The number of anilines is 1. The summed E-state index contributed by atoms with van der Waals surface area (Å²) >= 11 is 0. The summed E-state index contributed by atoms with van der Waals surface area (Å²) in [5.41, 5.74) is 2.34. The number of rotatable bonds is 5. The van der Waals surface area contributed by atoms with E-state index in [1.54, 1.807) is 0 Å². The van der Waals surface area contributed by atoms with Crippen LogP contribution in [0.15, 0.2) is 24.3 Å². The number of para-hydroxylation sites is 1. The number of benzene rings is 1. The van der Waals surface area contributed by atoms with Crippen LogP contribution in [-0.2, 0) is 6.54 Å². The average Bonchev–Trinajstić information content (AvgIpc) is 2.62. The number of nitrogens with one attached hydrogen (secondary N) is 1. The van der Waals surface area contributed by atoms with Crippen LogP contribution in [-0.4, -0.2) is 54.9 Å². The topological polar surface area (TPSA) is 38.7 Å². The van der Waals surface area contributed by atoms with Crippen LogP contribution < -0.4 is 10.2 Å². The lowest BCUT2D eigenvalue weighted by Gasteiger charge is -2.39. The van der Waals surface area contributed by atoms with Gasteiger partial charge in [-0.05, 0) is 50.3 Å². The predicted octanol–water partition coefficient (Wildman–Crippen LogP) is 2.86. The molecule has 2 fully saturated rings. The minimum absolute atomic E-state index is 0.353. The van der Waals surface area contributed by atoms with Crippen molar-refractivity contribution in [1.82, 2.24) is 10.2 Å². The van der Waals surface area contributed by atoms with Gasteiger partial charge in [0.05, 0.1) is 5.60 Å². The molecule has 0 aromatic heterocycles. The Kier molecular flexibility index (Phi) is 6.03. The number of aliphatic hydroxyl groups is 1. The lowest BCUT2D eigenvalue weighted by atomic mass is 9.75. The van der Waals surface area contributed by atoms with E-state index in [0.717, 1.165) is 58.4 Å². The third-order valence-electron chi connectivity index (χ3n) is 6.34. The molecule has 0 bridgehead atoms. The van der Waals surface area contributed by atoms with Crippen molar-refractivity contribution >= 4 is 5.69 Å². The molecule has 3 rings (SSSR count). The van der Waals surface area contributed by atoms with E-state index in [4.69, 9.17) is 0 Å². The summed E-state index contributed by atoms with van der Waals surface area (Å²) in [6.07, 6.45) is 3.99. The van der Waals surface area contributed by atoms with Crippen LogP contribution in [0.5, 0.6) is 0 Å². The Labute approximate surface area is 153 Å². The number of hydrogen-bond donors (Lipinski definition) is 2. The van der Waals surface area contributed by atoms with Crippen LogP contribution in [0.1, 0.15) is 45.1 Å². The van der Waals surface area contributed by atoms with Gasteiger partial charge in [-0.1, -0.05) is 32.0 Å². The van der Waals surface area contributed by atoms with Crippen molar-refractivity contribution in [2.45, 2.75) is 57.7 Å². The lowest BCUT2D eigenvalue weighted by molar-refractivity contribution is -0.0430. The summed E-state index contributed by atoms with van der Waals surface area (Å²) in [4.78, 5) is 4.92. The molecule has 2 N–H and O–H groups in total. The van der Waals surface area contributed by atoms with Crippen molar-refractivity contribution in [3.05, 3.63) is 29.8 Å². The SMILES string of the molecule is CC(C)C1(O)CCC(NCc2ccccc2N2CCN(C)CC2)CC1. The van der Waals surface area contributed by atoms with Gasteiger partial charge in [-0.2, -0.15) is 0 Å². The molecular weight excluding hydrogens is 310 g/mol. The largest absolute Gasteiger partial charge is 0.390 e. The van der Waals surface area contributed by atoms with Gasteiger partial charge < -0.3 is 20.2 Å². The highest BCUT2D eigenvalue weighted by molar-refractivity contribution is 5.54. The summed E-state index contributed by atoms with van der Waals surface area (Å²) in [5, 5.41) is 14.4. The van der Waals surface area contributed by atoms with E-state index >= 15 is 0 Å². The average molecular weight is 346 g/mol. The summed E-state index contributed by atoms with van der Waals surface area (Å²) in [7, 11) is 2.20. The van der Waals surface area contributed by atoms with Crippen molar-refractivity contribution in [3.63, 3.8) is 0 Å². The fourth-order valence-electron chi connectivity index (χ4n) is 4.17. The molecule has 4 heteroatoms. The van der Waals surface area contributed by atoms with E-state index in [-0.39, 0.29) is 0 Å². The van der Waals surface area contributed by atoms with Crippen LogP contribution in [0, 0.1) is 5.92 Å². The second-order valence-electron chi connectivity index (χ2n) is 8.33. The van der Waals surface area contributed by atoms with Gasteiger partial charge in [0.25, 0.3) is 0 Å². The van der Waals surface area contributed by atoms with Gasteiger partial charge in [-0.15, -0.1) is 0 Å². The maximum atomic E-state index is 10.6. The first-order valence-electron chi connectivity index (χ1n) is 9.95. The highest BCUT2D eigenvalue weighted by atomic mass is 16.3. The second kappa shape index (κ2) is 8.07. The smallest absolute Gasteiger partial charge is 0.0671 e. The van der Waals surface area contributed by atoms with Gasteiger partial charge in [0.2, 0.25) is 0 Å². The molecule has 1 saturated heterocycles. The zero-order chi connectivity index (χ0) is 17.9. The van der Waals surface area contributed by atoms with E-state index in [9.17, 15) is 5.11 Å². The molecule has 0 unspecified atom stereocenters. The maximum Gasteiger partial charge on any atom is 0.0671 e. The van der Waals surface area contributed by atoms with Crippen molar-refractivity contribution in [2.75, 3.05) is 38.1 Å². The summed E-state index contributed by atoms with van der Waals surface area (Å²) in [6.45, 7) is 9.69. The van der Waals surface area contributed by atoms with E-state index in [0.29, 0.717) is 12.0 Å². The van der Waals surface area contributed by atoms with Crippen LogP contribution in [0.2, 0.25) is 0 Å². The molecule has 1 aromatic rings. The number of likely N-dealkylation sites (N-methyl/N-ethyl adjacent to an activating group) is 1. The summed E-state index contributed by atoms with van der Waals surface area (Å²) < 4.78 is 0. The standard InChI is InChI=1S/C21H35N3O/c1-17(2)21(25)10-8-19(9-11-21)22-16-18-6-4-5-7-20(18)24-14-12-23(3)13-15-24/h4-7,17,19,22,25H,8-16H2,1-3H3. The van der Waals surface area contributed by atoms with Crippen molar-refractivity contribution in [2.24, 2.45) is 5.92 Å². The van der Waals surface area contributed by atoms with E-state index in [1.807, 2.05) is 0 Å². The molecule has 0 radical (unpaired) electrons. The third-order valence-corrected chi connectivity index (χ3v) is 6.34. The van der Waals surface area contributed by atoms with Crippen LogP contribution >= 0.6 is 0 Å².